The van der Waals surface area contributed by atoms with Crippen molar-refractivity contribution in [3.63, 3.8) is 0 Å². The molecule has 34 heavy (non-hydrogen) atoms. The minimum Gasteiger partial charge on any atom is -0.493 e. The van der Waals surface area contributed by atoms with Crippen molar-refractivity contribution in [2.45, 2.75) is 15.6 Å². The fraction of sp³-hybridized carbons (Fsp3) is 0.115. The van der Waals surface area contributed by atoms with Gasteiger partial charge in [-0.2, -0.15) is 0 Å². The van der Waals surface area contributed by atoms with Crippen LogP contribution in [0.3, 0.4) is 0 Å². The molecule has 0 bridgehead atoms. The highest BCUT2D eigenvalue weighted by molar-refractivity contribution is 8.01. The monoisotopic (exact) mass is 491 g/mol. The highest BCUT2D eigenvalue weighted by Crippen LogP contribution is 2.34. The summed E-state index contributed by atoms with van der Waals surface area (Å²) in [6.45, 7) is 0.603. The van der Waals surface area contributed by atoms with Crippen molar-refractivity contribution in [3.8, 4) is 11.5 Å². The van der Waals surface area contributed by atoms with Gasteiger partial charge in [0.05, 0.1) is 29.8 Å². The van der Waals surface area contributed by atoms with E-state index in [4.69, 9.17) is 15.2 Å². The van der Waals surface area contributed by atoms with E-state index in [1.54, 1.807) is 49.5 Å². The molecule has 1 heterocycles. The predicted molar refractivity (Wildman–Crippen MR) is 141 cm³/mol. The molecular weight excluding hydrogens is 466 g/mol. The van der Waals surface area contributed by atoms with Gasteiger partial charge < -0.3 is 25.8 Å². The van der Waals surface area contributed by atoms with Gasteiger partial charge in [0.15, 0.2) is 11.5 Å². The Morgan fingerprint density at radius 1 is 0.971 bits per heavy atom. The molecule has 6 nitrogen and oxygen atoms in total. The predicted octanol–water partition coefficient (Wildman–Crippen LogP) is 6.36. The smallest absolute Gasteiger partial charge is 0.255 e. The van der Waals surface area contributed by atoms with Gasteiger partial charge >= 0.3 is 0 Å². The molecule has 4 aromatic rings. The molecule has 0 aliphatic rings. The first-order valence-electron chi connectivity index (χ1n) is 10.5. The summed E-state index contributed by atoms with van der Waals surface area (Å²) in [6.07, 6.45) is 0. The van der Waals surface area contributed by atoms with Gasteiger partial charge in [0.25, 0.3) is 5.91 Å². The van der Waals surface area contributed by atoms with E-state index in [1.165, 1.54) is 4.21 Å². The van der Waals surface area contributed by atoms with Crippen molar-refractivity contribution in [1.29, 1.82) is 0 Å². The van der Waals surface area contributed by atoms with Gasteiger partial charge in [-0.25, -0.2) is 0 Å². The molecular formula is C26H25N3O3S2. The zero-order chi connectivity index (χ0) is 23.9. The molecule has 0 radical (unpaired) electrons. The number of nitrogen functional groups attached to an aromatic ring is 1. The Morgan fingerprint density at radius 2 is 1.76 bits per heavy atom. The first-order chi connectivity index (χ1) is 16.6. The summed E-state index contributed by atoms with van der Waals surface area (Å²) in [7, 11) is 3.22. The topological polar surface area (TPSA) is 85.6 Å². The van der Waals surface area contributed by atoms with E-state index in [1.807, 2.05) is 60.0 Å². The number of carbonyl (C=O) groups is 1. The fourth-order valence-corrected chi connectivity index (χ4v) is 5.05. The van der Waals surface area contributed by atoms with Gasteiger partial charge in [-0.05, 0) is 59.5 Å². The van der Waals surface area contributed by atoms with Crippen molar-refractivity contribution in [2.75, 3.05) is 30.6 Å². The Morgan fingerprint density at radius 3 is 2.47 bits per heavy atom. The van der Waals surface area contributed by atoms with Crippen LogP contribution in [0.15, 0.2) is 87.3 Å². The maximum atomic E-state index is 12.8. The molecule has 1 amide bonds. The summed E-state index contributed by atoms with van der Waals surface area (Å²) in [6, 6.07) is 22.9. The maximum Gasteiger partial charge on any atom is 0.255 e. The normalized spacial score (nSPS) is 10.5. The second-order valence-electron chi connectivity index (χ2n) is 7.36. The fourth-order valence-electron chi connectivity index (χ4n) is 3.26. The van der Waals surface area contributed by atoms with E-state index >= 15 is 0 Å². The van der Waals surface area contributed by atoms with Crippen molar-refractivity contribution in [1.82, 2.24) is 0 Å². The van der Waals surface area contributed by atoms with Crippen LogP contribution >= 0.6 is 23.1 Å². The zero-order valence-electron chi connectivity index (χ0n) is 18.8. The molecule has 4 rings (SSSR count). The summed E-state index contributed by atoms with van der Waals surface area (Å²) < 4.78 is 11.8. The van der Waals surface area contributed by atoms with Gasteiger partial charge in [0.2, 0.25) is 0 Å². The van der Waals surface area contributed by atoms with Crippen LogP contribution in [0.2, 0.25) is 0 Å². The van der Waals surface area contributed by atoms with Crippen LogP contribution in [0.4, 0.5) is 17.1 Å². The number of carbonyl (C=O) groups excluding carboxylic acids is 1. The second kappa shape index (κ2) is 11.0. The Labute approximate surface area is 207 Å². The van der Waals surface area contributed by atoms with Crippen LogP contribution in [-0.2, 0) is 6.54 Å². The molecule has 8 heteroatoms. The van der Waals surface area contributed by atoms with Crippen molar-refractivity contribution < 1.29 is 14.3 Å². The number of nitrogens with one attached hydrogen (secondary N) is 2. The van der Waals surface area contributed by atoms with Gasteiger partial charge in [0.1, 0.15) is 0 Å². The van der Waals surface area contributed by atoms with Crippen LogP contribution in [0.25, 0.3) is 0 Å². The molecule has 0 saturated heterocycles. The third kappa shape index (κ3) is 5.84. The number of hydrogen-bond donors (Lipinski definition) is 3. The number of anilines is 3. The Balaban J connectivity index is 1.38. The number of ether oxygens (including phenoxy) is 2. The zero-order valence-corrected chi connectivity index (χ0v) is 20.5. The second-order valence-corrected chi connectivity index (χ2v) is 9.68. The SMILES string of the molecule is COc1ccc(NCc2ccc(C(=O)Nc3cc(Sc4cccs4)ccc3N)cc2)cc1OC. The van der Waals surface area contributed by atoms with Gasteiger partial charge in [-0.3, -0.25) is 4.79 Å². The molecule has 0 fully saturated rings. The maximum absolute atomic E-state index is 12.8. The molecule has 0 atom stereocenters. The van der Waals surface area contributed by atoms with E-state index in [0.29, 0.717) is 35.0 Å². The molecule has 0 aliphatic carbocycles. The average Bonchev–Trinajstić information content (AvgIpc) is 3.38. The van der Waals surface area contributed by atoms with E-state index < -0.39 is 0 Å². The summed E-state index contributed by atoms with van der Waals surface area (Å²) in [5.41, 5.74) is 9.75. The summed E-state index contributed by atoms with van der Waals surface area (Å²) >= 11 is 3.31. The Kier molecular flexibility index (Phi) is 7.61. The van der Waals surface area contributed by atoms with E-state index in [2.05, 4.69) is 16.7 Å². The number of hydrogen-bond acceptors (Lipinski definition) is 7. The van der Waals surface area contributed by atoms with Gasteiger partial charge in [-0.15, -0.1) is 11.3 Å². The number of amides is 1. The first-order valence-corrected chi connectivity index (χ1v) is 12.2. The van der Waals surface area contributed by atoms with Crippen LogP contribution in [0, 0.1) is 0 Å². The standard InChI is InChI=1S/C26H25N3O3S2/c1-31-23-12-9-19(14-24(23)32-2)28-16-17-5-7-18(8-6-17)26(30)29-22-15-20(10-11-21(22)27)34-25-4-3-13-33-25/h3-15,28H,16,27H2,1-2H3,(H,29,30). The molecule has 0 unspecified atom stereocenters. The van der Waals surface area contributed by atoms with E-state index in [9.17, 15) is 4.79 Å². The average molecular weight is 492 g/mol. The number of rotatable bonds is 9. The van der Waals surface area contributed by atoms with Crippen LogP contribution < -0.4 is 25.8 Å². The minimum atomic E-state index is -0.204. The lowest BCUT2D eigenvalue weighted by molar-refractivity contribution is 0.102. The van der Waals surface area contributed by atoms with Gasteiger partial charge in [0, 0.05) is 28.8 Å². The molecule has 4 N–H and O–H groups in total. The number of benzene rings is 3. The largest absolute Gasteiger partial charge is 0.493 e. The lowest BCUT2D eigenvalue weighted by Crippen LogP contribution is -2.13. The molecule has 1 aromatic heterocycles. The third-order valence-electron chi connectivity index (χ3n) is 5.08. The van der Waals surface area contributed by atoms with Crippen molar-refractivity contribution >= 4 is 46.1 Å². The Bertz CT molecular complexity index is 1260. The van der Waals surface area contributed by atoms with Crippen molar-refractivity contribution in [3.05, 3.63) is 89.3 Å². The summed E-state index contributed by atoms with van der Waals surface area (Å²) in [5, 5.41) is 8.32. The third-order valence-corrected chi connectivity index (χ3v) is 7.11. The van der Waals surface area contributed by atoms with E-state index in [-0.39, 0.29) is 5.91 Å². The molecule has 0 spiro atoms. The van der Waals surface area contributed by atoms with Crippen molar-refractivity contribution in [2.24, 2.45) is 0 Å². The van der Waals surface area contributed by atoms with E-state index in [0.717, 1.165) is 16.1 Å². The van der Waals surface area contributed by atoms with Crippen LogP contribution in [0.1, 0.15) is 15.9 Å². The number of methoxy groups -OCH3 is 2. The Hall–Kier alpha value is -3.62. The highest BCUT2D eigenvalue weighted by atomic mass is 32.2. The van der Waals surface area contributed by atoms with Crippen LogP contribution in [-0.4, -0.2) is 20.1 Å². The number of nitrogens with two attached hydrogens (primary N) is 1. The first kappa shape index (κ1) is 23.5. The summed E-state index contributed by atoms with van der Waals surface area (Å²) in [5.74, 6) is 1.14. The lowest BCUT2D eigenvalue weighted by Gasteiger charge is -2.12. The molecule has 174 valence electrons. The molecule has 3 aromatic carbocycles. The van der Waals surface area contributed by atoms with Crippen LogP contribution in [0.5, 0.6) is 11.5 Å². The quantitative estimate of drug-likeness (QED) is 0.236. The minimum absolute atomic E-state index is 0.204. The highest BCUT2D eigenvalue weighted by Gasteiger charge is 2.10. The number of thiophene rings is 1. The molecule has 0 aliphatic heterocycles. The lowest BCUT2D eigenvalue weighted by atomic mass is 10.1. The molecule has 0 saturated carbocycles. The summed E-state index contributed by atoms with van der Waals surface area (Å²) in [4.78, 5) is 13.8. The van der Waals surface area contributed by atoms with Gasteiger partial charge in [-0.1, -0.05) is 30.0 Å².